The quantitative estimate of drug-likeness (QED) is 0.582. The molecule has 16 heavy (non-hydrogen) atoms. The van der Waals surface area contributed by atoms with Crippen molar-refractivity contribution in [1.82, 2.24) is 10.2 Å². The highest BCUT2D eigenvalue weighted by molar-refractivity contribution is 5.75. The Balaban J connectivity index is 3.60. The summed E-state index contributed by atoms with van der Waals surface area (Å²) in [7, 11) is 0. The highest BCUT2D eigenvalue weighted by Crippen LogP contribution is 1.96. The summed E-state index contributed by atoms with van der Waals surface area (Å²) in [6.45, 7) is 10.5. The molecule has 0 unspecified atom stereocenters. The number of nitrogens with zero attached hydrogens (tertiary/aromatic N) is 1. The molecule has 0 bridgehead atoms. The van der Waals surface area contributed by atoms with Gasteiger partial charge < -0.3 is 10.2 Å². The van der Waals surface area contributed by atoms with Gasteiger partial charge in [-0.2, -0.15) is 0 Å². The van der Waals surface area contributed by atoms with Crippen molar-refractivity contribution in [3.63, 3.8) is 0 Å². The Morgan fingerprint density at radius 3 is 2.12 bits per heavy atom. The topological polar surface area (TPSA) is 32.3 Å². The highest BCUT2D eigenvalue weighted by atomic mass is 16.1. The molecule has 1 amide bonds. The van der Waals surface area contributed by atoms with Crippen LogP contribution in [0.4, 0.5) is 0 Å². The smallest absolute Gasteiger partial charge is 0.221 e. The second-order valence-electron chi connectivity index (χ2n) is 4.30. The van der Waals surface area contributed by atoms with Crippen molar-refractivity contribution < 1.29 is 4.79 Å². The molecular formula is C13H28N2O. The van der Waals surface area contributed by atoms with Gasteiger partial charge in [0.2, 0.25) is 5.91 Å². The molecule has 0 rings (SSSR count). The summed E-state index contributed by atoms with van der Waals surface area (Å²) in [5.41, 5.74) is 0. The van der Waals surface area contributed by atoms with Gasteiger partial charge in [-0.3, -0.25) is 4.79 Å². The molecule has 0 aliphatic carbocycles. The van der Waals surface area contributed by atoms with Gasteiger partial charge in [0.05, 0.1) is 0 Å². The van der Waals surface area contributed by atoms with Crippen molar-refractivity contribution in [2.75, 3.05) is 26.2 Å². The molecule has 3 nitrogen and oxygen atoms in total. The Morgan fingerprint density at radius 1 is 1.00 bits per heavy atom. The standard InChI is InChI=1S/C13H28N2O/c1-4-7-9-14-13(16)8-12-15(10-5-2)11-6-3/h4-12H2,1-3H3,(H,14,16). The van der Waals surface area contributed by atoms with Crippen LogP contribution in [-0.4, -0.2) is 37.0 Å². The Kier molecular flexibility index (Phi) is 10.5. The van der Waals surface area contributed by atoms with Crippen molar-refractivity contribution in [2.45, 2.75) is 52.9 Å². The van der Waals surface area contributed by atoms with Crippen molar-refractivity contribution >= 4 is 5.91 Å². The van der Waals surface area contributed by atoms with E-state index in [1.165, 1.54) is 0 Å². The Hall–Kier alpha value is -0.570. The predicted molar refractivity (Wildman–Crippen MR) is 69.6 cm³/mol. The number of nitrogens with one attached hydrogen (secondary N) is 1. The van der Waals surface area contributed by atoms with E-state index in [0.29, 0.717) is 6.42 Å². The first kappa shape index (κ1) is 15.4. The molecule has 1 N–H and O–H groups in total. The van der Waals surface area contributed by atoms with Gasteiger partial charge in [-0.15, -0.1) is 0 Å². The predicted octanol–water partition coefficient (Wildman–Crippen LogP) is 2.41. The zero-order valence-electron chi connectivity index (χ0n) is 11.2. The van der Waals surface area contributed by atoms with E-state index in [-0.39, 0.29) is 5.91 Å². The second kappa shape index (κ2) is 10.9. The number of amides is 1. The van der Waals surface area contributed by atoms with Crippen LogP contribution < -0.4 is 5.32 Å². The van der Waals surface area contributed by atoms with Crippen molar-refractivity contribution in [1.29, 1.82) is 0 Å². The van der Waals surface area contributed by atoms with Gasteiger partial charge in [0.25, 0.3) is 0 Å². The molecule has 0 spiro atoms. The summed E-state index contributed by atoms with van der Waals surface area (Å²) in [5, 5.41) is 2.96. The lowest BCUT2D eigenvalue weighted by Crippen LogP contribution is -2.32. The Morgan fingerprint density at radius 2 is 1.62 bits per heavy atom. The molecule has 0 heterocycles. The van der Waals surface area contributed by atoms with Gasteiger partial charge in [-0.25, -0.2) is 0 Å². The molecule has 0 aliphatic heterocycles. The van der Waals surface area contributed by atoms with Crippen LogP contribution in [-0.2, 0) is 4.79 Å². The van der Waals surface area contributed by atoms with Crippen LogP contribution in [0.1, 0.15) is 52.9 Å². The summed E-state index contributed by atoms with van der Waals surface area (Å²) in [5.74, 6) is 0.200. The maximum atomic E-state index is 11.5. The summed E-state index contributed by atoms with van der Waals surface area (Å²) >= 11 is 0. The van der Waals surface area contributed by atoms with E-state index < -0.39 is 0 Å². The third-order valence-corrected chi connectivity index (χ3v) is 2.59. The molecule has 0 atom stereocenters. The fourth-order valence-electron chi connectivity index (χ4n) is 1.72. The summed E-state index contributed by atoms with van der Waals surface area (Å²) in [4.78, 5) is 13.9. The van der Waals surface area contributed by atoms with Gasteiger partial charge >= 0.3 is 0 Å². The number of rotatable bonds is 10. The first-order chi connectivity index (χ1) is 7.74. The zero-order valence-corrected chi connectivity index (χ0v) is 11.2. The van der Waals surface area contributed by atoms with E-state index in [4.69, 9.17) is 0 Å². The Labute approximate surface area is 101 Å². The lowest BCUT2D eigenvalue weighted by Gasteiger charge is -2.20. The minimum absolute atomic E-state index is 0.200. The van der Waals surface area contributed by atoms with Crippen LogP contribution in [0.3, 0.4) is 0 Å². The van der Waals surface area contributed by atoms with Crippen LogP contribution in [0.15, 0.2) is 0 Å². The Bertz CT molecular complexity index is 165. The van der Waals surface area contributed by atoms with Gasteiger partial charge in [-0.05, 0) is 32.4 Å². The van der Waals surface area contributed by atoms with E-state index >= 15 is 0 Å². The largest absolute Gasteiger partial charge is 0.356 e. The lowest BCUT2D eigenvalue weighted by molar-refractivity contribution is -0.121. The SMILES string of the molecule is CCCCNC(=O)CCN(CCC)CCC. The first-order valence-corrected chi connectivity index (χ1v) is 6.73. The molecular weight excluding hydrogens is 200 g/mol. The number of hydrogen-bond donors (Lipinski definition) is 1. The highest BCUT2D eigenvalue weighted by Gasteiger charge is 2.05. The molecule has 0 radical (unpaired) electrons. The molecule has 0 aliphatic rings. The first-order valence-electron chi connectivity index (χ1n) is 6.73. The van der Waals surface area contributed by atoms with E-state index in [2.05, 4.69) is 31.0 Å². The van der Waals surface area contributed by atoms with E-state index in [1.54, 1.807) is 0 Å². The number of carbonyl (C=O) groups excluding carboxylic acids is 1. The molecule has 0 aromatic heterocycles. The summed E-state index contributed by atoms with van der Waals surface area (Å²) in [6.07, 6.45) is 5.19. The third-order valence-electron chi connectivity index (χ3n) is 2.59. The lowest BCUT2D eigenvalue weighted by atomic mass is 10.3. The molecule has 3 heteroatoms. The molecule has 96 valence electrons. The monoisotopic (exact) mass is 228 g/mol. The van der Waals surface area contributed by atoms with Crippen molar-refractivity contribution in [3.8, 4) is 0 Å². The van der Waals surface area contributed by atoms with Crippen LogP contribution in [0, 0.1) is 0 Å². The third kappa shape index (κ3) is 8.72. The van der Waals surface area contributed by atoms with Crippen LogP contribution in [0.2, 0.25) is 0 Å². The van der Waals surface area contributed by atoms with Gasteiger partial charge in [0.1, 0.15) is 0 Å². The van der Waals surface area contributed by atoms with Gasteiger partial charge in [0.15, 0.2) is 0 Å². The normalized spacial score (nSPS) is 10.8. The molecule has 0 saturated carbocycles. The van der Waals surface area contributed by atoms with E-state index in [9.17, 15) is 4.79 Å². The maximum Gasteiger partial charge on any atom is 0.221 e. The van der Waals surface area contributed by atoms with Crippen molar-refractivity contribution in [3.05, 3.63) is 0 Å². The average Bonchev–Trinajstić information content (AvgIpc) is 2.27. The van der Waals surface area contributed by atoms with Crippen LogP contribution in [0.25, 0.3) is 0 Å². The molecule has 0 aromatic rings. The minimum atomic E-state index is 0.200. The fourth-order valence-corrected chi connectivity index (χ4v) is 1.72. The minimum Gasteiger partial charge on any atom is -0.356 e. The van der Waals surface area contributed by atoms with Gasteiger partial charge in [-0.1, -0.05) is 27.2 Å². The van der Waals surface area contributed by atoms with Crippen LogP contribution >= 0.6 is 0 Å². The van der Waals surface area contributed by atoms with E-state index in [1.807, 2.05) is 0 Å². The van der Waals surface area contributed by atoms with E-state index in [0.717, 1.165) is 51.9 Å². The number of hydrogen-bond acceptors (Lipinski definition) is 2. The van der Waals surface area contributed by atoms with Gasteiger partial charge in [0, 0.05) is 19.5 Å². The summed E-state index contributed by atoms with van der Waals surface area (Å²) < 4.78 is 0. The number of unbranched alkanes of at least 4 members (excludes halogenated alkanes) is 1. The fraction of sp³-hybridized carbons (Fsp3) is 0.923. The average molecular weight is 228 g/mol. The second-order valence-corrected chi connectivity index (χ2v) is 4.30. The van der Waals surface area contributed by atoms with Crippen molar-refractivity contribution in [2.24, 2.45) is 0 Å². The molecule has 0 fully saturated rings. The molecule has 0 saturated heterocycles. The zero-order chi connectivity index (χ0) is 12.2. The maximum absolute atomic E-state index is 11.5. The summed E-state index contributed by atoms with van der Waals surface area (Å²) in [6, 6.07) is 0. The van der Waals surface area contributed by atoms with Crippen LogP contribution in [0.5, 0.6) is 0 Å². The number of carbonyl (C=O) groups is 1. The molecule has 0 aromatic carbocycles.